The number of nitrogens with zero attached hydrogens (tertiary/aromatic N) is 2. The molecule has 0 aromatic heterocycles. The average Bonchev–Trinajstić information content (AvgIpc) is 2.73. The van der Waals surface area contributed by atoms with Crippen molar-refractivity contribution in [2.24, 2.45) is 10.9 Å². The number of esters is 1. The summed E-state index contributed by atoms with van der Waals surface area (Å²) >= 11 is 0. The van der Waals surface area contributed by atoms with Crippen molar-refractivity contribution in [3.63, 3.8) is 0 Å². The quantitative estimate of drug-likeness (QED) is 0.252. The average molecular weight is 516 g/mol. The van der Waals surface area contributed by atoms with Crippen LogP contribution in [0, 0.1) is 5.92 Å². The first-order valence-corrected chi connectivity index (χ1v) is 10.1. The summed E-state index contributed by atoms with van der Waals surface area (Å²) < 4.78 is 5.19. The van der Waals surface area contributed by atoms with Crippen molar-refractivity contribution in [3.8, 4) is 0 Å². The number of likely N-dealkylation sites (tertiary alicyclic amines) is 1. The highest BCUT2D eigenvalue weighted by molar-refractivity contribution is 14.0. The lowest BCUT2D eigenvalue weighted by Crippen LogP contribution is -2.48. The summed E-state index contributed by atoms with van der Waals surface area (Å²) in [4.78, 5) is 30.8. The van der Waals surface area contributed by atoms with Gasteiger partial charge >= 0.3 is 5.97 Å². The van der Waals surface area contributed by atoms with Gasteiger partial charge in [0.05, 0.1) is 12.5 Å². The van der Waals surface area contributed by atoms with Crippen molar-refractivity contribution >= 4 is 41.8 Å². The minimum Gasteiger partial charge on any atom is -0.466 e. The number of nitrogens with one attached hydrogen (secondary N) is 2. The Labute approximate surface area is 190 Å². The number of rotatable bonds is 7. The number of carbonyl (C=O) groups is 2. The minimum absolute atomic E-state index is 0. The molecule has 7 nitrogen and oxygen atoms in total. The Bertz CT molecular complexity index is 696. The summed E-state index contributed by atoms with van der Waals surface area (Å²) in [5.41, 5.74) is 1.73. The van der Waals surface area contributed by atoms with E-state index in [1.807, 2.05) is 32.0 Å². The van der Waals surface area contributed by atoms with Crippen LogP contribution in [0.3, 0.4) is 0 Å². The molecule has 1 atom stereocenters. The highest BCUT2D eigenvalue weighted by Crippen LogP contribution is 2.18. The Morgan fingerprint density at radius 3 is 2.79 bits per heavy atom. The van der Waals surface area contributed by atoms with E-state index in [1.165, 1.54) is 0 Å². The number of aliphatic imine (C=N–C) groups is 1. The number of benzene rings is 1. The Morgan fingerprint density at radius 1 is 1.31 bits per heavy atom. The highest BCUT2D eigenvalue weighted by atomic mass is 127. The smallest absolute Gasteiger partial charge is 0.310 e. The van der Waals surface area contributed by atoms with Crippen LogP contribution in [0.1, 0.15) is 42.6 Å². The molecule has 162 valence electrons. The number of hydrogen-bond acceptors (Lipinski definition) is 4. The molecule has 0 radical (unpaired) electrons. The third-order valence-corrected chi connectivity index (χ3v) is 4.75. The number of hydrogen-bond donors (Lipinski definition) is 2. The van der Waals surface area contributed by atoms with Crippen LogP contribution >= 0.6 is 24.0 Å². The van der Waals surface area contributed by atoms with Gasteiger partial charge in [0.25, 0.3) is 5.91 Å². The molecule has 1 aromatic carbocycles. The van der Waals surface area contributed by atoms with Gasteiger partial charge in [-0.15, -0.1) is 24.0 Å². The summed E-state index contributed by atoms with van der Waals surface area (Å²) in [6.45, 7) is 7.19. The highest BCUT2D eigenvalue weighted by Gasteiger charge is 2.28. The first-order valence-electron chi connectivity index (χ1n) is 10.1. The molecule has 0 bridgehead atoms. The molecule has 2 rings (SSSR count). The van der Waals surface area contributed by atoms with Crippen LogP contribution in [0.2, 0.25) is 0 Å². The Hall–Kier alpha value is -1.84. The largest absolute Gasteiger partial charge is 0.466 e. The van der Waals surface area contributed by atoms with Crippen molar-refractivity contribution in [1.29, 1.82) is 0 Å². The van der Waals surface area contributed by atoms with Gasteiger partial charge in [-0.1, -0.05) is 12.1 Å². The Morgan fingerprint density at radius 2 is 2.10 bits per heavy atom. The standard InChI is InChI=1S/C21H32N4O3.HI/c1-4-23-21(25-13-7-10-18(15-25)20(27)28-5-2)24-12-11-16-8-6-9-17(14-16)19(26)22-3;/h6,8-9,14,18H,4-5,7,10-13,15H2,1-3H3,(H,22,26)(H,23,24);1H. The van der Waals surface area contributed by atoms with Gasteiger partial charge in [-0.3, -0.25) is 14.6 Å². The molecule has 1 aliphatic rings. The second-order valence-corrected chi connectivity index (χ2v) is 6.80. The summed E-state index contributed by atoms with van der Waals surface area (Å²) in [5, 5.41) is 5.97. The van der Waals surface area contributed by atoms with Crippen LogP contribution in [0.25, 0.3) is 0 Å². The summed E-state index contributed by atoms with van der Waals surface area (Å²) in [6.07, 6.45) is 2.55. The molecule has 8 heteroatoms. The molecular weight excluding hydrogens is 483 g/mol. The lowest BCUT2D eigenvalue weighted by molar-refractivity contribution is -0.149. The minimum atomic E-state index is -0.117. The maximum atomic E-state index is 12.1. The molecule has 0 saturated carbocycles. The summed E-state index contributed by atoms with van der Waals surface area (Å²) in [7, 11) is 1.63. The third-order valence-electron chi connectivity index (χ3n) is 4.75. The predicted molar refractivity (Wildman–Crippen MR) is 126 cm³/mol. The maximum Gasteiger partial charge on any atom is 0.310 e. The van der Waals surface area contributed by atoms with Gasteiger partial charge < -0.3 is 20.3 Å². The first-order chi connectivity index (χ1) is 13.6. The van der Waals surface area contributed by atoms with Crippen LogP contribution in [0.5, 0.6) is 0 Å². The lowest BCUT2D eigenvalue weighted by Gasteiger charge is -2.34. The van der Waals surface area contributed by atoms with Crippen molar-refractivity contribution in [3.05, 3.63) is 35.4 Å². The number of amides is 1. The molecule has 1 amide bonds. The Balaban J connectivity index is 0.00000420. The van der Waals surface area contributed by atoms with Crippen molar-refractivity contribution in [2.75, 3.05) is 39.8 Å². The second kappa shape index (κ2) is 13.4. The monoisotopic (exact) mass is 516 g/mol. The van der Waals surface area contributed by atoms with Crippen LogP contribution in [0.15, 0.2) is 29.3 Å². The summed E-state index contributed by atoms with van der Waals surface area (Å²) in [6, 6.07) is 7.61. The van der Waals surface area contributed by atoms with E-state index in [0.29, 0.717) is 25.3 Å². The molecule has 0 spiro atoms. The molecule has 1 fully saturated rings. The first kappa shape index (κ1) is 25.2. The fraction of sp³-hybridized carbons (Fsp3) is 0.571. The van der Waals surface area contributed by atoms with Gasteiger partial charge in [0.15, 0.2) is 5.96 Å². The van der Waals surface area contributed by atoms with Gasteiger partial charge in [0.1, 0.15) is 0 Å². The fourth-order valence-electron chi connectivity index (χ4n) is 3.35. The third kappa shape index (κ3) is 7.83. The van der Waals surface area contributed by atoms with Crippen LogP contribution < -0.4 is 10.6 Å². The summed E-state index contributed by atoms with van der Waals surface area (Å²) in [5.74, 6) is 0.534. The number of carbonyl (C=O) groups excluding carboxylic acids is 2. The van der Waals surface area contributed by atoms with Crippen LogP contribution in [-0.2, 0) is 16.0 Å². The zero-order valence-electron chi connectivity index (χ0n) is 17.6. The second-order valence-electron chi connectivity index (χ2n) is 6.80. The topological polar surface area (TPSA) is 83.0 Å². The van der Waals surface area contributed by atoms with Gasteiger partial charge in [-0.05, 0) is 50.8 Å². The van der Waals surface area contributed by atoms with Crippen molar-refractivity contribution < 1.29 is 14.3 Å². The van der Waals surface area contributed by atoms with Crippen molar-refractivity contribution in [1.82, 2.24) is 15.5 Å². The lowest BCUT2D eigenvalue weighted by atomic mass is 9.98. The van der Waals surface area contributed by atoms with Gasteiger partial charge in [-0.25, -0.2) is 0 Å². The number of piperidine rings is 1. The van der Waals surface area contributed by atoms with E-state index in [1.54, 1.807) is 13.1 Å². The molecule has 29 heavy (non-hydrogen) atoms. The molecule has 1 unspecified atom stereocenters. The van der Waals surface area contributed by atoms with Gasteiger partial charge in [-0.2, -0.15) is 0 Å². The number of guanidine groups is 1. The molecule has 0 aliphatic carbocycles. The maximum absolute atomic E-state index is 12.1. The normalized spacial score (nSPS) is 16.6. The van der Waals surface area contributed by atoms with Gasteiger partial charge in [0.2, 0.25) is 0 Å². The number of halogens is 1. The van der Waals surface area contributed by atoms with E-state index in [4.69, 9.17) is 9.73 Å². The van der Waals surface area contributed by atoms with E-state index >= 15 is 0 Å². The zero-order chi connectivity index (χ0) is 20.4. The SMILES string of the molecule is CCNC(=NCCc1cccc(C(=O)NC)c1)N1CCCC(C(=O)OCC)C1.I. The van der Waals surface area contributed by atoms with Crippen LogP contribution in [-0.4, -0.2) is 62.6 Å². The van der Waals surface area contributed by atoms with E-state index < -0.39 is 0 Å². The zero-order valence-corrected chi connectivity index (χ0v) is 19.9. The molecule has 1 heterocycles. The molecule has 1 saturated heterocycles. The van der Waals surface area contributed by atoms with Gasteiger partial charge in [0, 0.05) is 38.8 Å². The van der Waals surface area contributed by atoms with Crippen molar-refractivity contribution in [2.45, 2.75) is 33.1 Å². The van der Waals surface area contributed by atoms with Crippen LogP contribution in [0.4, 0.5) is 0 Å². The van der Waals surface area contributed by atoms with E-state index in [-0.39, 0.29) is 41.8 Å². The molecule has 1 aliphatic heterocycles. The van der Waals surface area contributed by atoms with E-state index in [0.717, 1.165) is 43.9 Å². The van der Waals surface area contributed by atoms with E-state index in [9.17, 15) is 9.59 Å². The predicted octanol–water partition coefficient (Wildman–Crippen LogP) is 2.45. The number of ether oxygens (including phenoxy) is 1. The molecular formula is C21H33IN4O3. The molecule has 2 N–H and O–H groups in total. The Kier molecular flexibility index (Phi) is 11.6. The van der Waals surface area contributed by atoms with E-state index in [2.05, 4.69) is 15.5 Å². The molecule has 1 aromatic rings. The fourth-order valence-corrected chi connectivity index (χ4v) is 3.35.